The quantitative estimate of drug-likeness (QED) is 0.842. The molecule has 0 spiro atoms. The van der Waals surface area contributed by atoms with E-state index in [0.717, 1.165) is 23.6 Å². The Kier molecular flexibility index (Phi) is 5.60. The monoisotopic (exact) mass is 250 g/mol. The molecule has 0 fully saturated rings. The van der Waals surface area contributed by atoms with Gasteiger partial charge in [0.2, 0.25) is 0 Å². The zero-order valence-corrected chi connectivity index (χ0v) is 12.3. The van der Waals surface area contributed by atoms with E-state index in [1.54, 1.807) is 0 Å². The van der Waals surface area contributed by atoms with E-state index < -0.39 is 0 Å². The zero-order chi connectivity index (χ0) is 13.7. The molecule has 1 aromatic rings. The van der Waals surface area contributed by atoms with Gasteiger partial charge in [0.15, 0.2) is 0 Å². The fraction of sp³-hybridized carbons (Fsp3) is 0.667. The first-order valence-corrected chi connectivity index (χ1v) is 6.80. The van der Waals surface area contributed by atoms with E-state index in [4.69, 9.17) is 0 Å². The molecule has 0 aromatic carbocycles. The molecule has 1 heterocycles. The third-order valence-corrected chi connectivity index (χ3v) is 3.34. The molecule has 3 nitrogen and oxygen atoms in total. The molecule has 0 aliphatic heterocycles. The summed E-state index contributed by atoms with van der Waals surface area (Å²) in [5, 5.41) is 9.33. The predicted molar refractivity (Wildman–Crippen MR) is 77.0 cm³/mol. The second-order valence-electron chi connectivity index (χ2n) is 5.47. The maximum absolute atomic E-state index is 9.33. The highest BCUT2D eigenvalue weighted by molar-refractivity contribution is 5.42. The van der Waals surface area contributed by atoms with Crippen LogP contribution in [0.2, 0.25) is 0 Å². The maximum Gasteiger partial charge on any atom is 0.128 e. The molecule has 1 unspecified atom stereocenters. The fourth-order valence-electron chi connectivity index (χ4n) is 1.87. The second-order valence-corrected chi connectivity index (χ2v) is 5.47. The average molecular weight is 250 g/mol. The van der Waals surface area contributed by atoms with Gasteiger partial charge in [-0.3, -0.25) is 0 Å². The van der Waals surface area contributed by atoms with Crippen LogP contribution in [0.3, 0.4) is 0 Å². The summed E-state index contributed by atoms with van der Waals surface area (Å²) in [4.78, 5) is 6.86. The van der Waals surface area contributed by atoms with Crippen molar-refractivity contribution in [3.05, 3.63) is 23.4 Å². The van der Waals surface area contributed by atoms with Gasteiger partial charge in [-0.25, -0.2) is 4.98 Å². The number of hydrogen-bond donors (Lipinski definition) is 1. The third kappa shape index (κ3) is 3.98. The van der Waals surface area contributed by atoms with E-state index >= 15 is 0 Å². The Morgan fingerprint density at radius 3 is 2.44 bits per heavy atom. The molecule has 1 atom stereocenters. The minimum absolute atomic E-state index is 0.0758. The van der Waals surface area contributed by atoms with E-state index in [1.807, 2.05) is 12.1 Å². The molecular formula is C15H26N2O. The van der Waals surface area contributed by atoms with E-state index in [1.165, 1.54) is 6.42 Å². The van der Waals surface area contributed by atoms with Crippen LogP contribution in [-0.2, 0) is 6.61 Å². The maximum atomic E-state index is 9.33. The lowest BCUT2D eigenvalue weighted by molar-refractivity contribution is 0.281. The Bertz CT molecular complexity index is 377. The fourth-order valence-corrected chi connectivity index (χ4v) is 1.87. The highest BCUT2D eigenvalue weighted by atomic mass is 16.3. The Balaban J connectivity index is 2.96. The molecule has 1 rings (SSSR count). The van der Waals surface area contributed by atoms with Crippen molar-refractivity contribution < 1.29 is 5.11 Å². The van der Waals surface area contributed by atoms with Gasteiger partial charge >= 0.3 is 0 Å². The first-order chi connectivity index (χ1) is 8.47. The van der Waals surface area contributed by atoms with Gasteiger partial charge in [-0.1, -0.05) is 34.1 Å². The van der Waals surface area contributed by atoms with Crippen LogP contribution < -0.4 is 4.90 Å². The molecule has 0 aliphatic carbocycles. The molecule has 0 bridgehead atoms. The number of aliphatic hydroxyl groups excluding tert-OH is 1. The number of anilines is 1. The first-order valence-electron chi connectivity index (χ1n) is 6.80. The molecule has 1 aromatic heterocycles. The number of rotatable bonds is 6. The van der Waals surface area contributed by atoms with Gasteiger partial charge in [-0.05, 0) is 29.5 Å². The molecule has 1 N–H and O–H groups in total. The van der Waals surface area contributed by atoms with Crippen LogP contribution in [0.25, 0.3) is 0 Å². The molecule has 0 aliphatic rings. The number of pyridine rings is 1. The number of aromatic nitrogens is 1. The van der Waals surface area contributed by atoms with Gasteiger partial charge < -0.3 is 10.0 Å². The highest BCUT2D eigenvalue weighted by Gasteiger charge is 2.11. The Morgan fingerprint density at radius 1 is 1.28 bits per heavy atom. The largest absolute Gasteiger partial charge is 0.392 e. The summed E-state index contributed by atoms with van der Waals surface area (Å²) >= 11 is 0. The molecule has 102 valence electrons. The van der Waals surface area contributed by atoms with Crippen molar-refractivity contribution in [1.82, 2.24) is 4.98 Å². The van der Waals surface area contributed by atoms with E-state index in [-0.39, 0.29) is 6.61 Å². The van der Waals surface area contributed by atoms with Crippen LogP contribution in [0.15, 0.2) is 12.1 Å². The van der Waals surface area contributed by atoms with Gasteiger partial charge in [0.1, 0.15) is 5.82 Å². The van der Waals surface area contributed by atoms with Crippen LogP contribution in [0, 0.1) is 5.92 Å². The second kappa shape index (κ2) is 6.74. The number of nitrogens with zero attached hydrogens (tertiary/aromatic N) is 2. The normalized spacial score (nSPS) is 12.8. The van der Waals surface area contributed by atoms with Crippen LogP contribution >= 0.6 is 0 Å². The van der Waals surface area contributed by atoms with Crippen molar-refractivity contribution in [3.8, 4) is 0 Å². The summed E-state index contributed by atoms with van der Waals surface area (Å²) in [6.07, 6.45) is 1.17. The average Bonchev–Trinajstić information content (AvgIpc) is 2.37. The Hall–Kier alpha value is -1.09. The van der Waals surface area contributed by atoms with E-state index in [9.17, 15) is 5.11 Å². The standard InChI is InChI=1S/C15H26N2O/c1-6-12(4)9-17(5)15-8-13(10-18)7-14(16-15)11(2)3/h7-8,11-12,18H,6,9-10H2,1-5H3. The number of aliphatic hydroxyl groups is 1. The molecule has 18 heavy (non-hydrogen) atoms. The summed E-state index contributed by atoms with van der Waals surface area (Å²) < 4.78 is 0. The van der Waals surface area contributed by atoms with Crippen molar-refractivity contribution in [2.45, 2.75) is 46.6 Å². The van der Waals surface area contributed by atoms with Gasteiger partial charge in [-0.2, -0.15) is 0 Å². The Morgan fingerprint density at radius 2 is 1.94 bits per heavy atom. The van der Waals surface area contributed by atoms with Crippen LogP contribution in [0.1, 0.15) is 51.3 Å². The predicted octanol–water partition coefficient (Wildman–Crippen LogP) is 3.18. The lowest BCUT2D eigenvalue weighted by atomic mass is 10.1. The molecule has 3 heteroatoms. The van der Waals surface area contributed by atoms with Gasteiger partial charge in [0.25, 0.3) is 0 Å². The highest BCUT2D eigenvalue weighted by Crippen LogP contribution is 2.20. The molecule has 0 saturated carbocycles. The van der Waals surface area contributed by atoms with Crippen molar-refractivity contribution in [2.24, 2.45) is 5.92 Å². The molecule has 0 radical (unpaired) electrons. The summed E-state index contributed by atoms with van der Waals surface area (Å²) in [5.41, 5.74) is 1.99. The SMILES string of the molecule is CCC(C)CN(C)c1cc(CO)cc(C(C)C)n1. The smallest absolute Gasteiger partial charge is 0.128 e. The summed E-state index contributed by atoms with van der Waals surface area (Å²) in [5.74, 6) is 2.00. The van der Waals surface area contributed by atoms with Crippen molar-refractivity contribution >= 4 is 5.82 Å². The van der Waals surface area contributed by atoms with Crippen LogP contribution in [0.5, 0.6) is 0 Å². The van der Waals surface area contributed by atoms with Crippen LogP contribution in [-0.4, -0.2) is 23.7 Å². The van der Waals surface area contributed by atoms with E-state index in [2.05, 4.69) is 44.6 Å². The summed E-state index contributed by atoms with van der Waals surface area (Å²) in [6.45, 7) is 9.78. The Labute approximate surface area is 111 Å². The minimum Gasteiger partial charge on any atom is -0.392 e. The molecular weight excluding hydrogens is 224 g/mol. The van der Waals surface area contributed by atoms with Gasteiger partial charge in [-0.15, -0.1) is 0 Å². The topological polar surface area (TPSA) is 36.4 Å². The van der Waals surface area contributed by atoms with Crippen molar-refractivity contribution in [2.75, 3.05) is 18.5 Å². The van der Waals surface area contributed by atoms with Crippen molar-refractivity contribution in [3.63, 3.8) is 0 Å². The minimum atomic E-state index is 0.0758. The van der Waals surface area contributed by atoms with Crippen LogP contribution in [0.4, 0.5) is 5.82 Å². The lowest BCUT2D eigenvalue weighted by Gasteiger charge is -2.23. The summed E-state index contributed by atoms with van der Waals surface area (Å²) in [6, 6.07) is 3.97. The zero-order valence-electron chi connectivity index (χ0n) is 12.3. The molecule has 0 amide bonds. The third-order valence-electron chi connectivity index (χ3n) is 3.34. The van der Waals surface area contributed by atoms with E-state index in [0.29, 0.717) is 11.8 Å². The summed E-state index contributed by atoms with van der Waals surface area (Å²) in [7, 11) is 2.07. The van der Waals surface area contributed by atoms with Crippen molar-refractivity contribution in [1.29, 1.82) is 0 Å². The first kappa shape index (κ1) is 15.0. The number of hydrogen-bond acceptors (Lipinski definition) is 3. The lowest BCUT2D eigenvalue weighted by Crippen LogP contribution is -2.25. The van der Waals surface area contributed by atoms with Gasteiger partial charge in [0, 0.05) is 19.3 Å². The van der Waals surface area contributed by atoms with Gasteiger partial charge in [0.05, 0.1) is 6.61 Å². The molecule has 0 saturated heterocycles.